The number of nitrogens with one attached hydrogen (secondary N) is 1. The van der Waals surface area contributed by atoms with Crippen LogP contribution in [0.4, 0.5) is 9.80 Å². The van der Waals surface area contributed by atoms with E-state index in [9.17, 15) is 14.4 Å². The maximum absolute atomic E-state index is 12.7. The number of carbonyl (C=O) groups excluding carboxylic acids is 3. The number of nitrogens with zero attached hydrogens (tertiary/aromatic N) is 2. The Labute approximate surface area is 188 Å². The Morgan fingerprint density at radius 3 is 2.68 bits per heavy atom. The van der Waals surface area contributed by atoms with Crippen LogP contribution in [0.3, 0.4) is 0 Å². The second-order valence-electron chi connectivity index (χ2n) is 9.58. The van der Waals surface area contributed by atoms with E-state index in [1.54, 1.807) is 11.9 Å². The lowest BCUT2D eigenvalue weighted by Gasteiger charge is -2.34. The molecule has 1 aromatic heterocycles. The van der Waals surface area contributed by atoms with Gasteiger partial charge in [-0.1, -0.05) is 0 Å². The van der Waals surface area contributed by atoms with Crippen molar-refractivity contribution < 1.29 is 19.1 Å². The van der Waals surface area contributed by atoms with Crippen LogP contribution in [0.25, 0.3) is 0 Å². The van der Waals surface area contributed by atoms with Crippen LogP contribution >= 0.6 is 11.3 Å². The number of aryl methyl sites for hydroxylation is 1. The Balaban J connectivity index is 1.53. The molecule has 0 bridgehead atoms. The highest BCUT2D eigenvalue weighted by molar-refractivity contribution is 7.17. The normalized spacial score (nSPS) is 19.0. The van der Waals surface area contributed by atoms with Gasteiger partial charge in [0.25, 0.3) is 5.91 Å². The number of rotatable bonds is 6. The van der Waals surface area contributed by atoms with E-state index in [2.05, 4.69) is 10.2 Å². The molecular weight excluding hydrogens is 416 g/mol. The summed E-state index contributed by atoms with van der Waals surface area (Å²) in [5.41, 5.74) is 6.56. The number of nitrogens with two attached hydrogens (primary N) is 1. The maximum atomic E-state index is 12.7. The van der Waals surface area contributed by atoms with Gasteiger partial charge in [0.1, 0.15) is 10.6 Å². The summed E-state index contributed by atoms with van der Waals surface area (Å²) in [6.07, 6.45) is 4.47. The van der Waals surface area contributed by atoms with Crippen LogP contribution in [0, 0.1) is 5.92 Å². The Bertz CT molecular complexity index is 845. The number of likely N-dealkylation sites (tertiary alicyclic amines) is 1. The van der Waals surface area contributed by atoms with E-state index in [0.717, 1.165) is 55.6 Å². The van der Waals surface area contributed by atoms with E-state index in [1.165, 1.54) is 11.3 Å². The van der Waals surface area contributed by atoms with Crippen molar-refractivity contribution in [3.8, 4) is 0 Å². The van der Waals surface area contributed by atoms with Gasteiger partial charge < -0.3 is 20.7 Å². The molecule has 1 aliphatic carbocycles. The standard InChI is InChI=1S/C22H34N4O4S/c1-22(2,3)30-21(29)25(4)11-14-7-6-10-26(12-14)13-17(27)24-20-18(19(23)28)15-8-5-9-16(15)31-20/h14H,5-13H2,1-4H3,(H2,23,28)(H,24,27). The van der Waals surface area contributed by atoms with Crippen molar-refractivity contribution in [3.63, 3.8) is 0 Å². The summed E-state index contributed by atoms with van der Waals surface area (Å²) < 4.78 is 5.43. The van der Waals surface area contributed by atoms with Crippen molar-refractivity contribution in [3.05, 3.63) is 16.0 Å². The molecule has 8 nitrogen and oxygen atoms in total. The minimum atomic E-state index is -0.520. The van der Waals surface area contributed by atoms with Crippen molar-refractivity contribution in [1.82, 2.24) is 9.80 Å². The quantitative estimate of drug-likeness (QED) is 0.693. The molecule has 0 aromatic carbocycles. The molecule has 0 radical (unpaired) electrons. The smallest absolute Gasteiger partial charge is 0.410 e. The third kappa shape index (κ3) is 6.20. The van der Waals surface area contributed by atoms with Gasteiger partial charge in [-0.2, -0.15) is 0 Å². The fourth-order valence-electron chi connectivity index (χ4n) is 4.37. The first-order valence-corrected chi connectivity index (χ1v) is 11.8. The van der Waals surface area contributed by atoms with Crippen LogP contribution in [0.15, 0.2) is 0 Å². The molecule has 31 heavy (non-hydrogen) atoms. The zero-order valence-electron chi connectivity index (χ0n) is 19.0. The van der Waals surface area contributed by atoms with Gasteiger partial charge in [-0.15, -0.1) is 11.3 Å². The number of carbonyl (C=O) groups is 3. The molecule has 1 fully saturated rings. The number of fused-ring (bicyclic) bond motifs is 1. The molecule has 0 saturated carbocycles. The monoisotopic (exact) mass is 450 g/mol. The molecule has 1 atom stereocenters. The van der Waals surface area contributed by atoms with Gasteiger partial charge in [-0.25, -0.2) is 4.79 Å². The summed E-state index contributed by atoms with van der Waals surface area (Å²) in [5, 5.41) is 3.50. The zero-order chi connectivity index (χ0) is 22.8. The number of ether oxygens (including phenoxy) is 1. The number of hydrogen-bond donors (Lipinski definition) is 2. The van der Waals surface area contributed by atoms with Crippen LogP contribution in [0.2, 0.25) is 0 Å². The molecule has 2 aliphatic rings. The summed E-state index contributed by atoms with van der Waals surface area (Å²) in [5.74, 6) is -0.327. The molecule has 9 heteroatoms. The summed E-state index contributed by atoms with van der Waals surface area (Å²) >= 11 is 1.47. The van der Waals surface area contributed by atoms with E-state index in [1.807, 2.05) is 20.8 Å². The van der Waals surface area contributed by atoms with Crippen molar-refractivity contribution in [2.24, 2.45) is 11.7 Å². The Hall–Kier alpha value is -2.13. The Kier molecular flexibility index (Phi) is 7.26. The van der Waals surface area contributed by atoms with Crippen LogP contribution in [0.1, 0.15) is 60.8 Å². The van der Waals surface area contributed by atoms with Gasteiger partial charge in [-0.05, 0) is 70.9 Å². The average molecular weight is 451 g/mol. The van der Waals surface area contributed by atoms with Crippen molar-refractivity contribution in [2.75, 3.05) is 38.5 Å². The second-order valence-corrected chi connectivity index (χ2v) is 10.7. The highest BCUT2D eigenvalue weighted by atomic mass is 32.1. The fraction of sp³-hybridized carbons (Fsp3) is 0.682. The van der Waals surface area contributed by atoms with E-state index >= 15 is 0 Å². The van der Waals surface area contributed by atoms with Crippen LogP contribution in [0.5, 0.6) is 0 Å². The van der Waals surface area contributed by atoms with Gasteiger partial charge in [0.2, 0.25) is 5.91 Å². The first-order chi connectivity index (χ1) is 14.5. The Morgan fingerprint density at radius 2 is 2.00 bits per heavy atom. The number of piperidine rings is 1. The lowest BCUT2D eigenvalue weighted by molar-refractivity contribution is -0.117. The average Bonchev–Trinajstić information content (AvgIpc) is 3.20. The summed E-state index contributed by atoms with van der Waals surface area (Å²) in [7, 11) is 1.75. The number of hydrogen-bond acceptors (Lipinski definition) is 6. The highest BCUT2D eigenvalue weighted by Gasteiger charge is 2.28. The summed E-state index contributed by atoms with van der Waals surface area (Å²) in [6.45, 7) is 7.99. The van der Waals surface area contributed by atoms with Gasteiger partial charge in [-0.3, -0.25) is 14.5 Å². The summed E-state index contributed by atoms with van der Waals surface area (Å²) in [4.78, 5) is 41.7. The van der Waals surface area contributed by atoms with Gasteiger partial charge in [0, 0.05) is 25.0 Å². The van der Waals surface area contributed by atoms with Crippen LogP contribution in [-0.4, -0.2) is 66.5 Å². The van der Waals surface area contributed by atoms with Crippen molar-refractivity contribution in [2.45, 2.75) is 58.5 Å². The van der Waals surface area contributed by atoms with Crippen LogP contribution < -0.4 is 11.1 Å². The Morgan fingerprint density at radius 1 is 1.26 bits per heavy atom. The fourth-order valence-corrected chi connectivity index (χ4v) is 5.68. The lowest BCUT2D eigenvalue weighted by Crippen LogP contribution is -2.45. The van der Waals surface area contributed by atoms with E-state index < -0.39 is 11.5 Å². The molecule has 3 rings (SSSR count). The van der Waals surface area contributed by atoms with Gasteiger partial charge in [0.15, 0.2) is 0 Å². The second kappa shape index (κ2) is 9.56. The number of amides is 3. The summed E-state index contributed by atoms with van der Waals surface area (Å²) in [6, 6.07) is 0. The minimum absolute atomic E-state index is 0.136. The van der Waals surface area contributed by atoms with Gasteiger partial charge >= 0.3 is 6.09 Å². The topological polar surface area (TPSA) is 105 Å². The third-order valence-electron chi connectivity index (χ3n) is 5.63. The van der Waals surface area contributed by atoms with Crippen LogP contribution in [-0.2, 0) is 22.4 Å². The van der Waals surface area contributed by atoms with Gasteiger partial charge in [0.05, 0.1) is 12.1 Å². The molecule has 2 heterocycles. The molecule has 1 saturated heterocycles. The SMILES string of the molecule is CN(CC1CCCN(CC(=O)Nc2sc3c(c2C(N)=O)CCC3)C1)C(=O)OC(C)(C)C. The highest BCUT2D eigenvalue weighted by Crippen LogP contribution is 2.38. The van der Waals surface area contributed by atoms with Crippen molar-refractivity contribution >= 4 is 34.2 Å². The largest absolute Gasteiger partial charge is 0.444 e. The van der Waals surface area contributed by atoms with E-state index in [0.29, 0.717) is 17.1 Å². The van der Waals surface area contributed by atoms with Crippen molar-refractivity contribution in [1.29, 1.82) is 0 Å². The molecule has 1 unspecified atom stereocenters. The number of anilines is 1. The zero-order valence-corrected chi connectivity index (χ0v) is 19.8. The predicted molar refractivity (Wildman–Crippen MR) is 122 cm³/mol. The minimum Gasteiger partial charge on any atom is -0.444 e. The molecule has 0 spiro atoms. The molecule has 172 valence electrons. The lowest BCUT2D eigenvalue weighted by atomic mass is 9.97. The maximum Gasteiger partial charge on any atom is 0.410 e. The molecule has 1 aliphatic heterocycles. The first-order valence-electron chi connectivity index (χ1n) is 10.9. The molecule has 3 amide bonds. The molecule has 1 aromatic rings. The first kappa shape index (κ1) is 23.5. The number of thiophene rings is 1. The van der Waals surface area contributed by atoms with E-state index in [4.69, 9.17) is 10.5 Å². The molecule has 3 N–H and O–H groups in total. The number of primary amides is 1. The molecular formula is C22H34N4O4S. The van der Waals surface area contributed by atoms with E-state index in [-0.39, 0.29) is 24.5 Å². The third-order valence-corrected chi connectivity index (χ3v) is 6.84. The predicted octanol–water partition coefficient (Wildman–Crippen LogP) is 2.85.